The molecule has 0 fully saturated rings. The van der Waals surface area contributed by atoms with Crippen LogP contribution in [0.2, 0.25) is 0 Å². The summed E-state index contributed by atoms with van der Waals surface area (Å²) in [4.78, 5) is 15.3. The third kappa shape index (κ3) is 3.02. The van der Waals surface area contributed by atoms with Gasteiger partial charge in [0.2, 0.25) is 0 Å². The van der Waals surface area contributed by atoms with Crippen LogP contribution in [0.15, 0.2) is 59.4 Å². The molecule has 0 atom stereocenters. The number of benzene rings is 2. The number of nitrogens with one attached hydrogen (secondary N) is 2. The van der Waals surface area contributed by atoms with E-state index in [1.54, 1.807) is 0 Å². The standard InChI is InChI=1S/C18H18N2O2/c21-10-4-9-19-15-8-7-14-11-17(13-5-2-1-3-6-13)20-18(22)16(14)12-15/h1-3,5-8,11-12,19,21H,4,9-10H2,(H,20,22). The van der Waals surface area contributed by atoms with E-state index in [9.17, 15) is 4.79 Å². The summed E-state index contributed by atoms with van der Waals surface area (Å²) in [6.45, 7) is 0.837. The molecule has 1 aromatic heterocycles. The van der Waals surface area contributed by atoms with Gasteiger partial charge in [0.15, 0.2) is 0 Å². The monoisotopic (exact) mass is 294 g/mol. The van der Waals surface area contributed by atoms with E-state index in [2.05, 4.69) is 10.3 Å². The third-order valence-corrected chi connectivity index (χ3v) is 3.59. The average Bonchev–Trinajstić information content (AvgIpc) is 2.56. The fourth-order valence-electron chi connectivity index (χ4n) is 2.45. The Morgan fingerprint density at radius 3 is 2.64 bits per heavy atom. The fourth-order valence-corrected chi connectivity index (χ4v) is 2.45. The van der Waals surface area contributed by atoms with Gasteiger partial charge in [-0.1, -0.05) is 36.4 Å². The number of aliphatic hydroxyl groups is 1. The molecular formula is C18H18N2O2. The van der Waals surface area contributed by atoms with Crippen molar-refractivity contribution >= 4 is 16.5 Å². The van der Waals surface area contributed by atoms with Gasteiger partial charge >= 0.3 is 0 Å². The first-order valence-corrected chi connectivity index (χ1v) is 7.35. The SMILES string of the molecule is O=c1[nH]c(-c2ccccc2)cc2ccc(NCCCO)cc12. The van der Waals surface area contributed by atoms with Crippen LogP contribution in [0.25, 0.3) is 22.0 Å². The zero-order chi connectivity index (χ0) is 15.4. The number of hydrogen-bond acceptors (Lipinski definition) is 3. The molecule has 0 aliphatic heterocycles. The summed E-state index contributed by atoms with van der Waals surface area (Å²) in [5.74, 6) is 0. The van der Waals surface area contributed by atoms with Crippen LogP contribution in [0.3, 0.4) is 0 Å². The third-order valence-electron chi connectivity index (χ3n) is 3.59. The van der Waals surface area contributed by atoms with E-state index in [-0.39, 0.29) is 12.2 Å². The number of fused-ring (bicyclic) bond motifs is 1. The molecule has 3 N–H and O–H groups in total. The molecule has 22 heavy (non-hydrogen) atoms. The van der Waals surface area contributed by atoms with Crippen molar-refractivity contribution in [1.29, 1.82) is 0 Å². The normalized spacial score (nSPS) is 10.8. The maximum absolute atomic E-state index is 12.3. The van der Waals surface area contributed by atoms with E-state index in [4.69, 9.17) is 5.11 Å². The second kappa shape index (κ2) is 6.45. The van der Waals surface area contributed by atoms with Crippen molar-refractivity contribution < 1.29 is 5.11 Å². The van der Waals surface area contributed by atoms with E-state index in [1.165, 1.54) is 0 Å². The Kier molecular flexibility index (Phi) is 4.21. The van der Waals surface area contributed by atoms with Gasteiger partial charge in [0.1, 0.15) is 0 Å². The Balaban J connectivity index is 1.98. The molecule has 2 aromatic carbocycles. The van der Waals surface area contributed by atoms with Gasteiger partial charge in [-0.25, -0.2) is 0 Å². The number of aromatic nitrogens is 1. The Bertz CT molecular complexity index is 825. The number of aliphatic hydroxyl groups excluding tert-OH is 1. The Labute approximate surface area is 128 Å². The largest absolute Gasteiger partial charge is 0.396 e. The van der Waals surface area contributed by atoms with Crippen LogP contribution in [-0.2, 0) is 0 Å². The smallest absolute Gasteiger partial charge is 0.256 e. The fraction of sp³-hybridized carbons (Fsp3) is 0.167. The molecule has 0 aliphatic carbocycles. The second-order valence-electron chi connectivity index (χ2n) is 5.18. The number of aromatic amines is 1. The average molecular weight is 294 g/mol. The highest BCUT2D eigenvalue weighted by atomic mass is 16.3. The maximum Gasteiger partial charge on any atom is 0.256 e. The molecule has 0 amide bonds. The molecule has 0 spiro atoms. The van der Waals surface area contributed by atoms with Crippen molar-refractivity contribution in [1.82, 2.24) is 4.98 Å². The number of anilines is 1. The van der Waals surface area contributed by atoms with Crippen molar-refractivity contribution in [3.8, 4) is 11.3 Å². The zero-order valence-corrected chi connectivity index (χ0v) is 12.2. The molecule has 0 radical (unpaired) electrons. The molecule has 1 heterocycles. The van der Waals surface area contributed by atoms with Crippen molar-refractivity contribution in [3.05, 3.63) is 65.0 Å². The molecule has 0 bridgehead atoms. The van der Waals surface area contributed by atoms with E-state index in [0.717, 1.165) is 22.3 Å². The zero-order valence-electron chi connectivity index (χ0n) is 12.2. The van der Waals surface area contributed by atoms with Crippen molar-refractivity contribution in [2.24, 2.45) is 0 Å². The minimum atomic E-state index is -0.0952. The lowest BCUT2D eigenvalue weighted by Gasteiger charge is -2.08. The topological polar surface area (TPSA) is 65.1 Å². The van der Waals surface area contributed by atoms with Crippen LogP contribution in [0.4, 0.5) is 5.69 Å². The number of rotatable bonds is 5. The summed E-state index contributed by atoms with van der Waals surface area (Å²) < 4.78 is 0. The molecule has 3 rings (SSSR count). The summed E-state index contributed by atoms with van der Waals surface area (Å²) in [5, 5.41) is 13.6. The summed E-state index contributed by atoms with van der Waals surface area (Å²) >= 11 is 0. The molecule has 0 saturated carbocycles. The number of pyridine rings is 1. The number of H-pyrrole nitrogens is 1. The lowest BCUT2D eigenvalue weighted by molar-refractivity contribution is 0.292. The highest BCUT2D eigenvalue weighted by Gasteiger charge is 2.05. The van der Waals surface area contributed by atoms with Crippen molar-refractivity contribution in [2.45, 2.75) is 6.42 Å². The molecule has 0 saturated heterocycles. The van der Waals surface area contributed by atoms with Gasteiger partial charge in [-0.2, -0.15) is 0 Å². The molecule has 112 valence electrons. The predicted molar refractivity (Wildman–Crippen MR) is 90.2 cm³/mol. The first-order valence-electron chi connectivity index (χ1n) is 7.35. The highest BCUT2D eigenvalue weighted by Crippen LogP contribution is 2.21. The summed E-state index contributed by atoms with van der Waals surface area (Å²) in [6, 6.07) is 17.5. The Hall–Kier alpha value is -2.59. The lowest BCUT2D eigenvalue weighted by atomic mass is 10.1. The Morgan fingerprint density at radius 1 is 1.05 bits per heavy atom. The van der Waals surface area contributed by atoms with Gasteiger partial charge in [-0.3, -0.25) is 4.79 Å². The molecule has 0 unspecified atom stereocenters. The van der Waals surface area contributed by atoms with Crippen LogP contribution >= 0.6 is 0 Å². The van der Waals surface area contributed by atoms with Gasteiger partial charge < -0.3 is 15.4 Å². The van der Waals surface area contributed by atoms with E-state index < -0.39 is 0 Å². The van der Waals surface area contributed by atoms with Gasteiger partial charge in [-0.15, -0.1) is 0 Å². The summed E-state index contributed by atoms with van der Waals surface area (Å²) in [5.41, 5.74) is 2.60. The van der Waals surface area contributed by atoms with Crippen LogP contribution in [0, 0.1) is 0 Å². The first-order chi connectivity index (χ1) is 10.8. The van der Waals surface area contributed by atoms with Gasteiger partial charge in [0, 0.05) is 29.9 Å². The van der Waals surface area contributed by atoms with E-state index in [0.29, 0.717) is 18.4 Å². The quantitative estimate of drug-likeness (QED) is 0.634. The Morgan fingerprint density at radius 2 is 1.86 bits per heavy atom. The number of hydrogen-bond donors (Lipinski definition) is 3. The van der Waals surface area contributed by atoms with Gasteiger partial charge in [0.05, 0.1) is 0 Å². The molecule has 0 aliphatic rings. The maximum atomic E-state index is 12.3. The van der Waals surface area contributed by atoms with Crippen LogP contribution in [0.1, 0.15) is 6.42 Å². The van der Waals surface area contributed by atoms with E-state index in [1.807, 2.05) is 54.6 Å². The first kappa shape index (κ1) is 14.4. The molecule has 3 aromatic rings. The van der Waals surface area contributed by atoms with Crippen LogP contribution < -0.4 is 10.9 Å². The minimum Gasteiger partial charge on any atom is -0.396 e. The van der Waals surface area contributed by atoms with Gasteiger partial charge in [-0.05, 0) is 35.6 Å². The van der Waals surface area contributed by atoms with Gasteiger partial charge in [0.25, 0.3) is 5.56 Å². The van der Waals surface area contributed by atoms with Crippen LogP contribution in [0.5, 0.6) is 0 Å². The predicted octanol–water partition coefficient (Wildman–Crippen LogP) is 2.99. The minimum absolute atomic E-state index is 0.0952. The molecule has 4 heteroatoms. The highest BCUT2D eigenvalue weighted by molar-refractivity contribution is 5.87. The molecular weight excluding hydrogens is 276 g/mol. The lowest BCUT2D eigenvalue weighted by Crippen LogP contribution is -2.08. The van der Waals surface area contributed by atoms with Crippen molar-refractivity contribution in [3.63, 3.8) is 0 Å². The van der Waals surface area contributed by atoms with E-state index >= 15 is 0 Å². The molecule has 4 nitrogen and oxygen atoms in total. The summed E-state index contributed by atoms with van der Waals surface area (Å²) in [7, 11) is 0. The second-order valence-corrected chi connectivity index (χ2v) is 5.18. The summed E-state index contributed by atoms with van der Waals surface area (Å²) in [6.07, 6.45) is 0.682. The van der Waals surface area contributed by atoms with Crippen LogP contribution in [-0.4, -0.2) is 23.2 Å². The van der Waals surface area contributed by atoms with Crippen molar-refractivity contribution in [2.75, 3.05) is 18.5 Å².